The van der Waals surface area contributed by atoms with Gasteiger partial charge in [-0.1, -0.05) is 35.5 Å². The van der Waals surface area contributed by atoms with Crippen molar-refractivity contribution in [1.82, 2.24) is 14.9 Å². The minimum Gasteiger partial charge on any atom is -0.453 e. The summed E-state index contributed by atoms with van der Waals surface area (Å²) in [7, 11) is 0. The Labute approximate surface area is 148 Å². The highest BCUT2D eigenvalue weighted by atomic mass is 16.5. The number of nitrogens with zero attached hydrogens (tertiary/aromatic N) is 3. The van der Waals surface area contributed by atoms with Gasteiger partial charge in [-0.15, -0.1) is 0 Å². The molecule has 4 aromatic rings. The van der Waals surface area contributed by atoms with Crippen LogP contribution in [0.25, 0.3) is 11.3 Å². The zero-order valence-electron chi connectivity index (χ0n) is 13.7. The fraction of sp³-hybridized carbons (Fsp3) is 0.105. The summed E-state index contributed by atoms with van der Waals surface area (Å²) in [5.41, 5.74) is 1.44. The van der Waals surface area contributed by atoms with Crippen LogP contribution in [0.1, 0.15) is 22.0 Å². The van der Waals surface area contributed by atoms with Gasteiger partial charge in [0.15, 0.2) is 5.76 Å². The predicted molar refractivity (Wildman–Crippen MR) is 91.1 cm³/mol. The molecule has 0 N–H and O–H groups in total. The van der Waals surface area contributed by atoms with Gasteiger partial charge < -0.3 is 13.7 Å². The lowest BCUT2D eigenvalue weighted by molar-refractivity contribution is 0.0425. The van der Waals surface area contributed by atoms with E-state index in [2.05, 4.69) is 10.3 Å². The summed E-state index contributed by atoms with van der Waals surface area (Å²) in [5, 5.41) is 8.01. The van der Waals surface area contributed by atoms with Crippen LogP contribution in [0.2, 0.25) is 0 Å². The topological polar surface area (TPSA) is 83.3 Å². The van der Waals surface area contributed by atoms with Crippen LogP contribution < -0.4 is 0 Å². The second-order valence-electron chi connectivity index (χ2n) is 5.59. The van der Waals surface area contributed by atoms with Crippen molar-refractivity contribution in [3.63, 3.8) is 0 Å². The summed E-state index contributed by atoms with van der Waals surface area (Å²) >= 11 is 0. The van der Waals surface area contributed by atoms with E-state index >= 15 is 0 Å². The van der Waals surface area contributed by atoms with Gasteiger partial charge in [-0.05, 0) is 18.2 Å². The molecule has 1 aromatic carbocycles. The fourth-order valence-electron chi connectivity index (χ4n) is 2.46. The summed E-state index contributed by atoms with van der Waals surface area (Å²) in [5.74, 6) is 0.824. The third kappa shape index (κ3) is 3.56. The van der Waals surface area contributed by atoms with E-state index in [1.165, 1.54) is 0 Å². The molecule has 0 saturated heterocycles. The van der Waals surface area contributed by atoms with Crippen molar-refractivity contribution < 1.29 is 18.5 Å². The van der Waals surface area contributed by atoms with Crippen LogP contribution >= 0.6 is 0 Å². The van der Waals surface area contributed by atoms with E-state index in [-0.39, 0.29) is 12.4 Å². The normalized spacial score (nSPS) is 10.8. The Hall–Kier alpha value is -3.61. The number of aromatic nitrogens is 3. The van der Waals surface area contributed by atoms with Crippen LogP contribution in [0.15, 0.2) is 75.9 Å². The van der Waals surface area contributed by atoms with Crippen molar-refractivity contribution >= 4 is 5.97 Å². The van der Waals surface area contributed by atoms with Crippen LogP contribution in [0.3, 0.4) is 0 Å². The first-order valence-corrected chi connectivity index (χ1v) is 8.02. The first kappa shape index (κ1) is 15.9. The Bertz CT molecular complexity index is 987. The van der Waals surface area contributed by atoms with Gasteiger partial charge in [0.05, 0.1) is 6.54 Å². The lowest BCUT2D eigenvalue weighted by atomic mass is 10.2. The second kappa shape index (κ2) is 7.10. The van der Waals surface area contributed by atoms with Crippen molar-refractivity contribution in [3.05, 3.63) is 84.2 Å². The summed E-state index contributed by atoms with van der Waals surface area (Å²) < 4.78 is 17.7. The van der Waals surface area contributed by atoms with Crippen LogP contribution in [0.4, 0.5) is 0 Å². The summed E-state index contributed by atoms with van der Waals surface area (Å²) in [6, 6.07) is 16.5. The number of carbonyl (C=O) groups excluding carboxylic acids is 1. The molecule has 3 heterocycles. The van der Waals surface area contributed by atoms with Crippen LogP contribution in [0, 0.1) is 0 Å². The van der Waals surface area contributed by atoms with Crippen molar-refractivity contribution in [2.75, 3.05) is 0 Å². The lowest BCUT2D eigenvalue weighted by Gasteiger charge is -2.00. The van der Waals surface area contributed by atoms with E-state index in [0.717, 1.165) is 5.56 Å². The number of furan rings is 1. The van der Waals surface area contributed by atoms with Gasteiger partial charge in [0.1, 0.15) is 18.1 Å². The molecule has 0 atom stereocenters. The quantitative estimate of drug-likeness (QED) is 0.495. The lowest BCUT2D eigenvalue weighted by Crippen LogP contribution is -2.04. The van der Waals surface area contributed by atoms with Crippen molar-refractivity contribution in [2.45, 2.75) is 13.2 Å². The Kier molecular flexibility index (Phi) is 4.34. The predicted octanol–water partition coefficient (Wildman–Crippen LogP) is 3.54. The average Bonchev–Trinajstić information content (AvgIpc) is 3.43. The van der Waals surface area contributed by atoms with Crippen molar-refractivity contribution in [1.29, 1.82) is 0 Å². The third-order valence-electron chi connectivity index (χ3n) is 3.71. The zero-order chi connectivity index (χ0) is 17.8. The summed E-state index contributed by atoms with van der Waals surface area (Å²) in [6.07, 6.45) is 3.50. The maximum atomic E-state index is 12.1. The van der Waals surface area contributed by atoms with Gasteiger partial charge in [-0.3, -0.25) is 4.68 Å². The maximum absolute atomic E-state index is 12.1. The molecule has 26 heavy (non-hydrogen) atoms. The molecule has 4 rings (SSSR count). The van der Waals surface area contributed by atoms with E-state index in [9.17, 15) is 4.79 Å². The van der Waals surface area contributed by atoms with Crippen LogP contribution in [-0.2, 0) is 17.9 Å². The van der Waals surface area contributed by atoms with E-state index < -0.39 is 5.97 Å². The Morgan fingerprint density at radius 2 is 2.00 bits per heavy atom. The number of hydrogen-bond acceptors (Lipinski definition) is 6. The smallest absolute Gasteiger partial charge is 0.374 e. The minimum atomic E-state index is -0.555. The van der Waals surface area contributed by atoms with Gasteiger partial charge in [-0.2, -0.15) is 5.10 Å². The van der Waals surface area contributed by atoms with Gasteiger partial charge in [-0.25, -0.2) is 4.79 Å². The molecule has 0 spiro atoms. The molecular formula is C19H15N3O4. The second-order valence-corrected chi connectivity index (χ2v) is 5.59. The van der Waals surface area contributed by atoms with Gasteiger partial charge in [0.2, 0.25) is 5.76 Å². The molecule has 7 nitrogen and oxygen atoms in total. The van der Waals surface area contributed by atoms with Gasteiger partial charge in [0.25, 0.3) is 0 Å². The molecular weight excluding hydrogens is 334 g/mol. The molecule has 7 heteroatoms. The fourth-order valence-corrected chi connectivity index (χ4v) is 2.46. The molecule has 0 aliphatic carbocycles. The number of carbonyl (C=O) groups is 1. The largest absolute Gasteiger partial charge is 0.453 e. The number of esters is 1. The third-order valence-corrected chi connectivity index (χ3v) is 3.71. The minimum absolute atomic E-state index is 0.00432. The highest BCUT2D eigenvalue weighted by Crippen LogP contribution is 2.20. The van der Waals surface area contributed by atoms with E-state index in [4.69, 9.17) is 13.7 Å². The number of benzene rings is 1. The highest BCUT2D eigenvalue weighted by molar-refractivity contribution is 5.86. The summed E-state index contributed by atoms with van der Waals surface area (Å²) in [6.45, 7) is 0.453. The van der Waals surface area contributed by atoms with E-state index in [1.807, 2.05) is 42.6 Å². The number of hydrogen-bond donors (Lipinski definition) is 0. The maximum Gasteiger partial charge on any atom is 0.374 e. The summed E-state index contributed by atoms with van der Waals surface area (Å²) in [4.78, 5) is 12.1. The Balaban J connectivity index is 1.36. The Morgan fingerprint density at radius 3 is 2.81 bits per heavy atom. The molecule has 0 bridgehead atoms. The molecule has 0 unspecified atom stereocenters. The van der Waals surface area contributed by atoms with Crippen LogP contribution in [-0.4, -0.2) is 20.9 Å². The molecule has 0 aliphatic rings. The number of rotatable bonds is 6. The SMILES string of the molecule is O=C(OCc1cc(-c2ccccc2)on1)c1ccc(Cn2cccn2)o1. The average molecular weight is 349 g/mol. The monoisotopic (exact) mass is 349 g/mol. The van der Waals surface area contributed by atoms with Crippen molar-refractivity contribution in [3.8, 4) is 11.3 Å². The molecule has 0 amide bonds. The van der Waals surface area contributed by atoms with E-state index in [1.54, 1.807) is 29.1 Å². The molecule has 130 valence electrons. The van der Waals surface area contributed by atoms with E-state index in [0.29, 0.717) is 23.8 Å². The zero-order valence-corrected chi connectivity index (χ0v) is 13.7. The molecule has 3 aromatic heterocycles. The Morgan fingerprint density at radius 1 is 1.12 bits per heavy atom. The standard InChI is InChI=1S/C19H15N3O4/c23-19(17-8-7-16(25-17)12-22-10-4-9-20-22)24-13-15-11-18(26-21-15)14-5-2-1-3-6-14/h1-11H,12-13H2. The van der Waals surface area contributed by atoms with Crippen molar-refractivity contribution in [2.24, 2.45) is 0 Å². The first-order chi connectivity index (χ1) is 12.8. The van der Waals surface area contributed by atoms with Gasteiger partial charge >= 0.3 is 5.97 Å². The number of ether oxygens (including phenoxy) is 1. The molecule has 0 fully saturated rings. The highest BCUT2D eigenvalue weighted by Gasteiger charge is 2.15. The van der Waals surface area contributed by atoms with Gasteiger partial charge in [0, 0.05) is 24.0 Å². The molecule has 0 saturated carbocycles. The molecule has 0 aliphatic heterocycles. The first-order valence-electron chi connectivity index (χ1n) is 8.02. The van der Waals surface area contributed by atoms with Crippen LogP contribution in [0.5, 0.6) is 0 Å². The molecule has 0 radical (unpaired) electrons.